The zero-order chi connectivity index (χ0) is 25.5. The number of carbonyl (C=O) groups excluding carboxylic acids is 1. The molecule has 0 saturated carbocycles. The van der Waals surface area contributed by atoms with Crippen molar-refractivity contribution < 1.29 is 23.7 Å². The molecule has 0 radical (unpaired) electrons. The summed E-state index contributed by atoms with van der Waals surface area (Å²) in [7, 11) is 1.95. The molecule has 3 aliphatic rings. The summed E-state index contributed by atoms with van der Waals surface area (Å²) in [6.45, 7) is 3.53. The van der Waals surface area contributed by atoms with Crippen LogP contribution < -0.4 is 9.64 Å². The smallest absolute Gasteiger partial charge is 0.180 e. The summed E-state index contributed by atoms with van der Waals surface area (Å²) in [6, 6.07) is 3.70. The molecule has 2 aromatic heterocycles. The predicted molar refractivity (Wildman–Crippen MR) is 139 cm³/mol. The van der Waals surface area contributed by atoms with E-state index in [0.29, 0.717) is 49.4 Å². The van der Waals surface area contributed by atoms with Crippen LogP contribution in [-0.2, 0) is 31.8 Å². The minimum atomic E-state index is -0.121. The normalized spacial score (nSPS) is 20.0. The van der Waals surface area contributed by atoms with Crippen LogP contribution >= 0.6 is 0 Å². The van der Waals surface area contributed by atoms with Crippen LogP contribution in [0.1, 0.15) is 56.2 Å². The number of carbonyl (C=O) groups is 1. The van der Waals surface area contributed by atoms with Gasteiger partial charge in [-0.05, 0) is 63.4 Å². The molecule has 9 nitrogen and oxygen atoms in total. The fourth-order valence-electron chi connectivity index (χ4n) is 5.32. The fourth-order valence-corrected chi connectivity index (χ4v) is 5.32. The van der Waals surface area contributed by atoms with Crippen LogP contribution in [0.4, 0.5) is 5.82 Å². The number of nitrogens with zero attached hydrogens (tertiary/aromatic N) is 4. The number of aromatic nitrogens is 3. The van der Waals surface area contributed by atoms with Crippen molar-refractivity contribution in [2.75, 3.05) is 51.5 Å². The number of hydrogen-bond donors (Lipinski definition) is 0. The molecule has 4 heterocycles. The van der Waals surface area contributed by atoms with Gasteiger partial charge in [0.05, 0.1) is 13.2 Å². The van der Waals surface area contributed by atoms with Gasteiger partial charge in [-0.25, -0.2) is 9.97 Å². The molecule has 200 valence electrons. The summed E-state index contributed by atoms with van der Waals surface area (Å²) in [5.41, 5.74) is 2.87. The average Bonchev–Trinajstić information content (AvgIpc) is 3.41. The number of aryl methyl sites for hydroxylation is 1. The van der Waals surface area contributed by atoms with Crippen molar-refractivity contribution in [3.63, 3.8) is 0 Å². The lowest BCUT2D eigenvalue weighted by atomic mass is 9.94. The lowest BCUT2D eigenvalue weighted by Crippen LogP contribution is -2.30. The summed E-state index contributed by atoms with van der Waals surface area (Å²) in [5, 5.41) is 0. The number of fused-ring (bicyclic) bond motifs is 1. The van der Waals surface area contributed by atoms with Crippen molar-refractivity contribution >= 4 is 11.6 Å². The highest BCUT2D eigenvalue weighted by Gasteiger charge is 2.25. The van der Waals surface area contributed by atoms with Crippen molar-refractivity contribution in [2.45, 2.75) is 64.1 Å². The summed E-state index contributed by atoms with van der Waals surface area (Å²) in [4.78, 5) is 29.1. The molecule has 5 rings (SSSR count). The molecule has 1 unspecified atom stereocenters. The second-order valence-electron chi connectivity index (χ2n) is 10.2. The lowest BCUT2D eigenvalue weighted by molar-refractivity contribution is -0.165. The van der Waals surface area contributed by atoms with Gasteiger partial charge in [0.1, 0.15) is 23.9 Å². The standard InChI is InChI=1S/C28H38N4O5/c1-32(19-21(33)17-20-9-13-34-14-10-20)28-23-5-4-6-24(23)30-27(31-28)25-18-22(8-11-29-25)35-15-16-37-26-7-2-3-12-36-26/h8,11,18,20,26H,2-7,9-10,12-17,19H2,1H3. The van der Waals surface area contributed by atoms with Crippen molar-refractivity contribution in [3.05, 3.63) is 29.6 Å². The first-order chi connectivity index (χ1) is 18.2. The van der Waals surface area contributed by atoms with E-state index in [1.165, 1.54) is 0 Å². The average molecular weight is 511 g/mol. The van der Waals surface area contributed by atoms with E-state index < -0.39 is 0 Å². The van der Waals surface area contributed by atoms with Gasteiger partial charge in [-0.3, -0.25) is 9.78 Å². The number of Topliss-reactive ketones (excluding diaryl/α,β-unsaturated/α-hetero) is 1. The molecule has 1 aliphatic carbocycles. The summed E-state index contributed by atoms with van der Waals surface area (Å²) in [5.74, 6) is 2.77. The molecule has 2 fully saturated rings. The number of pyridine rings is 1. The molecule has 0 spiro atoms. The SMILES string of the molecule is CN(CC(=O)CC1CCOCC1)c1nc(-c2cc(OCCOC3CCCCO3)ccn2)nc2c1CCC2. The topological polar surface area (TPSA) is 95.9 Å². The van der Waals surface area contributed by atoms with Gasteiger partial charge in [-0.1, -0.05) is 0 Å². The van der Waals surface area contributed by atoms with E-state index in [0.717, 1.165) is 88.3 Å². The number of rotatable bonds is 11. The van der Waals surface area contributed by atoms with Gasteiger partial charge in [0.25, 0.3) is 0 Å². The van der Waals surface area contributed by atoms with E-state index in [9.17, 15) is 4.79 Å². The Kier molecular flexibility index (Phi) is 8.97. The van der Waals surface area contributed by atoms with Gasteiger partial charge in [0.15, 0.2) is 17.9 Å². The second-order valence-corrected chi connectivity index (χ2v) is 10.2. The Morgan fingerprint density at radius 1 is 1.08 bits per heavy atom. The number of ketones is 1. The minimum absolute atomic E-state index is 0.121. The van der Waals surface area contributed by atoms with E-state index in [4.69, 9.17) is 28.9 Å². The molecule has 0 amide bonds. The molecule has 1 atom stereocenters. The third-order valence-corrected chi connectivity index (χ3v) is 7.30. The quantitative estimate of drug-likeness (QED) is 0.419. The van der Waals surface area contributed by atoms with Gasteiger partial charge < -0.3 is 23.8 Å². The van der Waals surface area contributed by atoms with E-state index in [2.05, 4.69) is 4.98 Å². The van der Waals surface area contributed by atoms with Crippen LogP contribution in [0.2, 0.25) is 0 Å². The Balaban J connectivity index is 1.23. The van der Waals surface area contributed by atoms with Crippen LogP contribution in [0.15, 0.2) is 18.3 Å². The van der Waals surface area contributed by atoms with E-state index in [1.807, 2.05) is 24.1 Å². The van der Waals surface area contributed by atoms with E-state index >= 15 is 0 Å². The summed E-state index contributed by atoms with van der Waals surface area (Å²) >= 11 is 0. The fraction of sp³-hybridized carbons (Fsp3) is 0.643. The maximum Gasteiger partial charge on any atom is 0.180 e. The van der Waals surface area contributed by atoms with Gasteiger partial charge in [0.2, 0.25) is 0 Å². The first-order valence-electron chi connectivity index (χ1n) is 13.7. The highest BCUT2D eigenvalue weighted by Crippen LogP contribution is 2.31. The Morgan fingerprint density at radius 3 is 2.81 bits per heavy atom. The monoisotopic (exact) mass is 510 g/mol. The van der Waals surface area contributed by atoms with Gasteiger partial charge in [-0.2, -0.15) is 0 Å². The van der Waals surface area contributed by atoms with Crippen molar-refractivity contribution in [1.29, 1.82) is 0 Å². The highest BCUT2D eigenvalue weighted by atomic mass is 16.7. The molecule has 2 aliphatic heterocycles. The number of ether oxygens (including phenoxy) is 4. The zero-order valence-electron chi connectivity index (χ0n) is 21.8. The summed E-state index contributed by atoms with van der Waals surface area (Å²) < 4.78 is 22.7. The van der Waals surface area contributed by atoms with Crippen LogP contribution in [0.25, 0.3) is 11.5 Å². The molecule has 2 saturated heterocycles. The molecule has 0 aromatic carbocycles. The predicted octanol–water partition coefficient (Wildman–Crippen LogP) is 3.77. The Hall–Kier alpha value is -2.62. The van der Waals surface area contributed by atoms with Gasteiger partial charge in [-0.15, -0.1) is 0 Å². The van der Waals surface area contributed by atoms with Crippen molar-refractivity contribution in [3.8, 4) is 17.3 Å². The Bertz CT molecular complexity index is 1050. The van der Waals surface area contributed by atoms with Gasteiger partial charge in [0, 0.05) is 56.8 Å². The first-order valence-corrected chi connectivity index (χ1v) is 13.7. The largest absolute Gasteiger partial charge is 0.491 e. The second kappa shape index (κ2) is 12.8. The van der Waals surface area contributed by atoms with Crippen LogP contribution in [0.3, 0.4) is 0 Å². The number of likely N-dealkylation sites (N-methyl/N-ethyl adjacent to an activating group) is 1. The molecule has 37 heavy (non-hydrogen) atoms. The summed E-state index contributed by atoms with van der Waals surface area (Å²) in [6.07, 6.45) is 10.2. The minimum Gasteiger partial charge on any atom is -0.491 e. The highest BCUT2D eigenvalue weighted by molar-refractivity contribution is 5.83. The third kappa shape index (κ3) is 7.03. The maximum absolute atomic E-state index is 12.8. The Morgan fingerprint density at radius 2 is 1.97 bits per heavy atom. The molecule has 9 heteroatoms. The van der Waals surface area contributed by atoms with Crippen molar-refractivity contribution in [1.82, 2.24) is 15.0 Å². The zero-order valence-corrected chi connectivity index (χ0v) is 21.8. The van der Waals surface area contributed by atoms with Gasteiger partial charge >= 0.3 is 0 Å². The van der Waals surface area contributed by atoms with Crippen LogP contribution in [-0.4, -0.2) is 73.7 Å². The lowest BCUT2D eigenvalue weighted by Gasteiger charge is -2.24. The number of hydrogen-bond acceptors (Lipinski definition) is 9. The van der Waals surface area contributed by atoms with E-state index in [-0.39, 0.29) is 12.1 Å². The first kappa shape index (κ1) is 26.0. The molecule has 0 N–H and O–H groups in total. The van der Waals surface area contributed by atoms with Crippen LogP contribution in [0.5, 0.6) is 5.75 Å². The maximum atomic E-state index is 12.8. The molecule has 0 bridgehead atoms. The molecule has 2 aromatic rings. The van der Waals surface area contributed by atoms with Crippen molar-refractivity contribution in [2.24, 2.45) is 5.92 Å². The number of anilines is 1. The molecular formula is C28H38N4O5. The van der Waals surface area contributed by atoms with E-state index in [1.54, 1.807) is 6.20 Å². The molecular weight excluding hydrogens is 472 g/mol. The Labute approximate surface area is 218 Å². The third-order valence-electron chi connectivity index (χ3n) is 7.30. The van der Waals surface area contributed by atoms with Crippen LogP contribution in [0, 0.1) is 5.92 Å².